The van der Waals surface area contributed by atoms with E-state index in [2.05, 4.69) is 20.8 Å². The molecule has 1 atom stereocenters. The first-order valence-corrected chi connectivity index (χ1v) is 9.75. The Bertz CT molecular complexity index is 671. The highest BCUT2D eigenvalue weighted by Gasteiger charge is 2.36. The van der Waals surface area contributed by atoms with E-state index in [-0.39, 0.29) is 29.0 Å². The highest BCUT2D eigenvalue weighted by atomic mass is 19.1. The highest BCUT2D eigenvalue weighted by Crippen LogP contribution is 2.28. The number of amides is 2. The van der Waals surface area contributed by atoms with Gasteiger partial charge >= 0.3 is 0 Å². The lowest BCUT2D eigenvalue weighted by atomic mass is 9.89. The van der Waals surface area contributed by atoms with E-state index < -0.39 is 5.41 Å². The van der Waals surface area contributed by atoms with E-state index in [0.717, 1.165) is 12.8 Å². The van der Waals surface area contributed by atoms with Crippen LogP contribution in [0.4, 0.5) is 10.1 Å². The SMILES string of the molecule is CC(C)(C)CN(C(=O)[C@@H]1CCCN(C(=O)C(C)(C)C)C1)c1ccc(F)cc1. The fourth-order valence-electron chi connectivity index (χ4n) is 3.45. The first kappa shape index (κ1) is 21.4. The molecule has 0 saturated carbocycles. The van der Waals surface area contributed by atoms with Gasteiger partial charge in [-0.15, -0.1) is 0 Å². The average molecular weight is 377 g/mol. The van der Waals surface area contributed by atoms with Gasteiger partial charge in [-0.25, -0.2) is 4.39 Å². The van der Waals surface area contributed by atoms with Gasteiger partial charge in [-0.3, -0.25) is 9.59 Å². The van der Waals surface area contributed by atoms with E-state index in [1.807, 2.05) is 25.7 Å². The van der Waals surface area contributed by atoms with Gasteiger partial charge in [-0.05, 0) is 42.5 Å². The maximum atomic E-state index is 13.4. The van der Waals surface area contributed by atoms with Crippen LogP contribution in [0.5, 0.6) is 0 Å². The molecule has 0 unspecified atom stereocenters. The van der Waals surface area contributed by atoms with Crippen LogP contribution in [0.3, 0.4) is 0 Å². The molecule has 27 heavy (non-hydrogen) atoms. The maximum Gasteiger partial charge on any atom is 0.231 e. The van der Waals surface area contributed by atoms with Crippen LogP contribution in [-0.4, -0.2) is 36.3 Å². The van der Waals surface area contributed by atoms with Gasteiger partial charge in [0.25, 0.3) is 0 Å². The van der Waals surface area contributed by atoms with Crippen molar-refractivity contribution in [1.82, 2.24) is 4.90 Å². The van der Waals surface area contributed by atoms with Crippen molar-refractivity contribution in [2.24, 2.45) is 16.7 Å². The minimum atomic E-state index is -0.451. The Balaban J connectivity index is 2.23. The Labute approximate surface area is 162 Å². The number of likely N-dealkylation sites (tertiary alicyclic amines) is 1. The number of hydrogen-bond acceptors (Lipinski definition) is 2. The molecule has 0 aliphatic carbocycles. The van der Waals surface area contributed by atoms with Crippen LogP contribution in [0.25, 0.3) is 0 Å². The third kappa shape index (κ3) is 5.78. The van der Waals surface area contributed by atoms with Crippen LogP contribution in [0, 0.1) is 22.6 Å². The largest absolute Gasteiger partial charge is 0.341 e. The quantitative estimate of drug-likeness (QED) is 0.780. The summed E-state index contributed by atoms with van der Waals surface area (Å²) in [4.78, 5) is 29.6. The zero-order chi connectivity index (χ0) is 20.4. The Morgan fingerprint density at radius 3 is 2.22 bits per heavy atom. The van der Waals surface area contributed by atoms with Crippen molar-refractivity contribution >= 4 is 17.5 Å². The minimum Gasteiger partial charge on any atom is -0.341 e. The smallest absolute Gasteiger partial charge is 0.231 e. The molecule has 150 valence electrons. The minimum absolute atomic E-state index is 0.0166. The van der Waals surface area contributed by atoms with Crippen molar-refractivity contribution < 1.29 is 14.0 Å². The van der Waals surface area contributed by atoms with Crippen LogP contribution in [0.15, 0.2) is 24.3 Å². The van der Waals surface area contributed by atoms with Crippen molar-refractivity contribution in [3.05, 3.63) is 30.1 Å². The third-order valence-electron chi connectivity index (χ3n) is 4.74. The average Bonchev–Trinajstić information content (AvgIpc) is 2.58. The Morgan fingerprint density at radius 2 is 1.70 bits per heavy atom. The monoisotopic (exact) mass is 376 g/mol. The first-order chi connectivity index (χ1) is 12.4. The summed E-state index contributed by atoms with van der Waals surface area (Å²) in [5.41, 5.74) is 0.155. The van der Waals surface area contributed by atoms with E-state index >= 15 is 0 Å². The molecule has 1 fully saturated rings. The molecular weight excluding hydrogens is 343 g/mol. The maximum absolute atomic E-state index is 13.4. The Hall–Kier alpha value is -1.91. The van der Waals surface area contributed by atoms with Gasteiger partial charge in [0.2, 0.25) is 11.8 Å². The molecule has 2 amide bonds. The number of anilines is 1. The van der Waals surface area contributed by atoms with Crippen molar-refractivity contribution in [3.8, 4) is 0 Å². The second-order valence-corrected chi connectivity index (χ2v) is 9.80. The molecular formula is C22H33FN2O2. The molecule has 0 bridgehead atoms. The molecule has 5 heteroatoms. The van der Waals surface area contributed by atoms with Crippen LogP contribution >= 0.6 is 0 Å². The summed E-state index contributed by atoms with van der Waals surface area (Å²) in [6.45, 7) is 13.7. The van der Waals surface area contributed by atoms with Crippen molar-refractivity contribution in [2.75, 3.05) is 24.5 Å². The highest BCUT2D eigenvalue weighted by molar-refractivity contribution is 5.95. The van der Waals surface area contributed by atoms with Gasteiger partial charge in [0.05, 0.1) is 5.92 Å². The van der Waals surface area contributed by atoms with Gasteiger partial charge in [0.1, 0.15) is 5.82 Å². The summed E-state index contributed by atoms with van der Waals surface area (Å²) in [7, 11) is 0. The van der Waals surface area contributed by atoms with Crippen molar-refractivity contribution in [3.63, 3.8) is 0 Å². The molecule has 4 nitrogen and oxygen atoms in total. The number of halogens is 1. The lowest BCUT2D eigenvalue weighted by Gasteiger charge is -2.39. The van der Waals surface area contributed by atoms with Gasteiger partial charge in [0, 0.05) is 30.7 Å². The van der Waals surface area contributed by atoms with E-state index in [1.165, 1.54) is 12.1 Å². The molecule has 1 saturated heterocycles. The molecule has 1 aliphatic rings. The predicted molar refractivity (Wildman–Crippen MR) is 107 cm³/mol. The molecule has 0 radical (unpaired) electrons. The van der Waals surface area contributed by atoms with Gasteiger partial charge < -0.3 is 9.80 Å². The topological polar surface area (TPSA) is 40.6 Å². The second-order valence-electron chi connectivity index (χ2n) is 9.80. The summed E-state index contributed by atoms with van der Waals surface area (Å²) in [6.07, 6.45) is 1.60. The number of benzene rings is 1. The van der Waals surface area contributed by atoms with Crippen LogP contribution in [0.1, 0.15) is 54.4 Å². The third-order valence-corrected chi connectivity index (χ3v) is 4.74. The molecule has 0 aromatic heterocycles. The molecule has 0 N–H and O–H groups in total. The summed E-state index contributed by atoms with van der Waals surface area (Å²) < 4.78 is 13.3. The number of piperidine rings is 1. The summed E-state index contributed by atoms with van der Waals surface area (Å²) in [5, 5.41) is 0. The number of carbonyl (C=O) groups excluding carboxylic acids is 2. The number of rotatable bonds is 3. The van der Waals surface area contributed by atoms with Crippen molar-refractivity contribution in [1.29, 1.82) is 0 Å². The molecule has 2 rings (SSSR count). The van der Waals surface area contributed by atoms with Crippen LogP contribution in [0.2, 0.25) is 0 Å². The summed E-state index contributed by atoms with van der Waals surface area (Å²) in [5.74, 6) is -0.439. The molecule has 1 aliphatic heterocycles. The summed E-state index contributed by atoms with van der Waals surface area (Å²) in [6, 6.07) is 6.07. The zero-order valence-electron chi connectivity index (χ0n) is 17.5. The van der Waals surface area contributed by atoms with Gasteiger partial charge in [0.15, 0.2) is 0 Å². The molecule has 1 aromatic rings. The Kier molecular flexibility index (Phi) is 6.33. The lowest BCUT2D eigenvalue weighted by Crippen LogP contribution is -2.50. The second kappa shape index (κ2) is 7.99. The fourth-order valence-corrected chi connectivity index (χ4v) is 3.45. The normalized spacial score (nSPS) is 18.3. The molecule has 1 heterocycles. The Morgan fingerprint density at radius 1 is 1.11 bits per heavy atom. The predicted octanol–water partition coefficient (Wildman–Crippen LogP) is 4.49. The lowest BCUT2D eigenvalue weighted by molar-refractivity contribution is -0.142. The van der Waals surface area contributed by atoms with E-state index in [1.54, 1.807) is 17.0 Å². The van der Waals surface area contributed by atoms with E-state index in [9.17, 15) is 14.0 Å². The van der Waals surface area contributed by atoms with E-state index in [4.69, 9.17) is 0 Å². The van der Waals surface area contributed by atoms with Gasteiger partial charge in [-0.1, -0.05) is 41.5 Å². The number of hydrogen-bond donors (Lipinski definition) is 0. The van der Waals surface area contributed by atoms with Crippen molar-refractivity contribution in [2.45, 2.75) is 54.4 Å². The van der Waals surface area contributed by atoms with E-state index in [0.29, 0.717) is 25.3 Å². The zero-order valence-corrected chi connectivity index (χ0v) is 17.5. The van der Waals surface area contributed by atoms with Crippen LogP contribution in [-0.2, 0) is 9.59 Å². The van der Waals surface area contributed by atoms with Gasteiger partial charge in [-0.2, -0.15) is 0 Å². The summed E-state index contributed by atoms with van der Waals surface area (Å²) >= 11 is 0. The number of nitrogens with zero attached hydrogens (tertiary/aromatic N) is 2. The standard InChI is InChI=1S/C22H33FN2O2/c1-21(2,3)15-25(18-11-9-17(23)10-12-18)19(26)16-8-7-13-24(14-16)20(27)22(4,5)6/h9-12,16H,7-8,13-15H2,1-6H3/t16-/m1/s1. The first-order valence-electron chi connectivity index (χ1n) is 9.75. The van der Waals surface area contributed by atoms with Crippen LogP contribution < -0.4 is 4.90 Å². The number of carbonyl (C=O) groups is 2. The fraction of sp³-hybridized carbons (Fsp3) is 0.636. The molecule has 0 spiro atoms. The molecule has 1 aromatic carbocycles.